The summed E-state index contributed by atoms with van der Waals surface area (Å²) >= 11 is 6.04. The van der Waals surface area contributed by atoms with E-state index in [1.165, 1.54) is 11.1 Å². The maximum absolute atomic E-state index is 6.04. The number of hydrogen-bond donors (Lipinski definition) is 0. The van der Waals surface area contributed by atoms with Gasteiger partial charge in [-0.25, -0.2) is 0 Å². The molecule has 1 aromatic heterocycles. The average molecular weight is 192 g/mol. The highest BCUT2D eigenvalue weighted by atomic mass is 35.5. The van der Waals surface area contributed by atoms with Crippen LogP contribution in [0.5, 0.6) is 0 Å². The van der Waals surface area contributed by atoms with Crippen molar-refractivity contribution in [2.45, 2.75) is 13.8 Å². The Balaban J connectivity index is 2.94. The van der Waals surface area contributed by atoms with Crippen LogP contribution >= 0.6 is 11.6 Å². The lowest BCUT2D eigenvalue weighted by Crippen LogP contribution is -1.86. The van der Waals surface area contributed by atoms with Gasteiger partial charge in [-0.1, -0.05) is 23.7 Å². The van der Waals surface area contributed by atoms with Crippen LogP contribution in [0.4, 0.5) is 0 Å². The lowest BCUT2D eigenvalue weighted by Gasteiger charge is -2.05. The van der Waals surface area contributed by atoms with Gasteiger partial charge < -0.3 is 0 Å². The van der Waals surface area contributed by atoms with Crippen molar-refractivity contribution < 1.29 is 0 Å². The molecule has 0 saturated heterocycles. The summed E-state index contributed by atoms with van der Waals surface area (Å²) in [5.74, 6) is 0. The molecule has 0 spiro atoms. The van der Waals surface area contributed by atoms with Crippen molar-refractivity contribution in [2.24, 2.45) is 0 Å². The Morgan fingerprint density at radius 2 is 1.92 bits per heavy atom. The van der Waals surface area contributed by atoms with Gasteiger partial charge in [0.1, 0.15) is 0 Å². The topological polar surface area (TPSA) is 12.9 Å². The molecule has 0 unspecified atom stereocenters. The Hall–Kier alpha value is -1.08. The quantitative estimate of drug-likeness (QED) is 0.621. The van der Waals surface area contributed by atoms with Crippen LogP contribution < -0.4 is 0 Å². The van der Waals surface area contributed by atoms with Crippen LogP contribution in [0.2, 0.25) is 5.02 Å². The van der Waals surface area contributed by atoms with Crippen LogP contribution in [0, 0.1) is 13.8 Å². The first-order valence-electron chi connectivity index (χ1n) is 4.20. The third-order valence-corrected chi connectivity index (χ3v) is 2.71. The van der Waals surface area contributed by atoms with Crippen molar-refractivity contribution in [1.29, 1.82) is 0 Å². The fourth-order valence-electron chi connectivity index (χ4n) is 1.43. The van der Waals surface area contributed by atoms with Gasteiger partial charge in [-0.2, -0.15) is 0 Å². The average Bonchev–Trinajstić information content (AvgIpc) is 2.12. The molecule has 0 aliphatic carbocycles. The van der Waals surface area contributed by atoms with Gasteiger partial charge in [0.25, 0.3) is 0 Å². The second-order valence-corrected chi connectivity index (χ2v) is 3.60. The van der Waals surface area contributed by atoms with E-state index in [-0.39, 0.29) is 0 Å². The predicted octanol–water partition coefficient (Wildman–Crippen LogP) is 3.51. The molecule has 0 aliphatic heterocycles. The normalized spacial score (nSPS) is 10.7. The Labute approximate surface area is 82.4 Å². The third kappa shape index (κ3) is 1.29. The highest BCUT2D eigenvalue weighted by molar-refractivity contribution is 6.35. The molecule has 0 saturated carbocycles. The number of halogens is 1. The third-order valence-electron chi connectivity index (χ3n) is 2.38. The van der Waals surface area contributed by atoms with Gasteiger partial charge in [0.2, 0.25) is 0 Å². The first kappa shape index (κ1) is 8.52. The molecule has 0 aliphatic rings. The number of aryl methyl sites for hydroxylation is 2. The molecule has 0 N–H and O–H groups in total. The molecule has 0 bridgehead atoms. The zero-order valence-electron chi connectivity index (χ0n) is 7.63. The summed E-state index contributed by atoms with van der Waals surface area (Å²) in [6, 6.07) is 5.91. The maximum atomic E-state index is 6.04. The molecular formula is C11H10ClN. The fraction of sp³-hybridized carbons (Fsp3) is 0.182. The van der Waals surface area contributed by atoms with Gasteiger partial charge in [0.15, 0.2) is 0 Å². The number of pyridine rings is 1. The summed E-state index contributed by atoms with van der Waals surface area (Å²) in [4.78, 5) is 4.32. The van der Waals surface area contributed by atoms with Crippen LogP contribution in [-0.2, 0) is 0 Å². The van der Waals surface area contributed by atoms with E-state index in [9.17, 15) is 0 Å². The highest BCUT2D eigenvalue weighted by Crippen LogP contribution is 2.25. The molecule has 0 radical (unpaired) electrons. The Bertz CT molecular complexity index is 463. The number of benzene rings is 1. The SMILES string of the molecule is Cc1ccc2c(Cl)ccnc2c1C. The van der Waals surface area contributed by atoms with Gasteiger partial charge in [0, 0.05) is 11.6 Å². The van der Waals surface area contributed by atoms with E-state index >= 15 is 0 Å². The number of nitrogens with zero attached hydrogens (tertiary/aromatic N) is 1. The largest absolute Gasteiger partial charge is 0.256 e. The minimum absolute atomic E-state index is 0.771. The molecular weight excluding hydrogens is 182 g/mol. The van der Waals surface area contributed by atoms with E-state index < -0.39 is 0 Å². The fourth-order valence-corrected chi connectivity index (χ4v) is 1.64. The van der Waals surface area contributed by atoms with Crippen LogP contribution in [0.1, 0.15) is 11.1 Å². The molecule has 1 heterocycles. The van der Waals surface area contributed by atoms with E-state index in [0.29, 0.717) is 0 Å². The van der Waals surface area contributed by atoms with Gasteiger partial charge in [-0.15, -0.1) is 0 Å². The summed E-state index contributed by atoms with van der Waals surface area (Å²) in [5.41, 5.74) is 3.47. The molecule has 2 rings (SSSR count). The monoisotopic (exact) mass is 191 g/mol. The van der Waals surface area contributed by atoms with Crippen LogP contribution in [0.25, 0.3) is 10.9 Å². The lowest BCUT2D eigenvalue weighted by molar-refractivity contribution is 1.31. The van der Waals surface area contributed by atoms with Crippen LogP contribution in [0.15, 0.2) is 24.4 Å². The molecule has 0 fully saturated rings. The first-order valence-corrected chi connectivity index (χ1v) is 4.58. The summed E-state index contributed by atoms with van der Waals surface area (Å²) in [6.45, 7) is 4.15. The van der Waals surface area contributed by atoms with Crippen LogP contribution in [-0.4, -0.2) is 4.98 Å². The second-order valence-electron chi connectivity index (χ2n) is 3.20. The van der Waals surface area contributed by atoms with E-state index in [2.05, 4.69) is 24.9 Å². The number of aromatic nitrogens is 1. The molecule has 0 atom stereocenters. The molecule has 2 heteroatoms. The summed E-state index contributed by atoms with van der Waals surface area (Å²) in [5, 5.41) is 1.81. The maximum Gasteiger partial charge on any atom is 0.0748 e. The number of rotatable bonds is 0. The predicted molar refractivity (Wildman–Crippen MR) is 56.2 cm³/mol. The van der Waals surface area contributed by atoms with E-state index in [0.717, 1.165) is 15.9 Å². The lowest BCUT2D eigenvalue weighted by atomic mass is 10.1. The molecule has 13 heavy (non-hydrogen) atoms. The van der Waals surface area contributed by atoms with Crippen molar-refractivity contribution in [2.75, 3.05) is 0 Å². The van der Waals surface area contributed by atoms with Crippen molar-refractivity contribution in [1.82, 2.24) is 4.98 Å². The highest BCUT2D eigenvalue weighted by Gasteiger charge is 2.03. The molecule has 1 aromatic carbocycles. The minimum Gasteiger partial charge on any atom is -0.256 e. The van der Waals surface area contributed by atoms with E-state index in [4.69, 9.17) is 11.6 Å². The summed E-state index contributed by atoms with van der Waals surface area (Å²) < 4.78 is 0. The molecule has 1 nitrogen and oxygen atoms in total. The minimum atomic E-state index is 0.771. The molecule has 0 amide bonds. The smallest absolute Gasteiger partial charge is 0.0748 e. The van der Waals surface area contributed by atoms with Crippen molar-refractivity contribution in [3.63, 3.8) is 0 Å². The van der Waals surface area contributed by atoms with Crippen molar-refractivity contribution in [3.8, 4) is 0 Å². The van der Waals surface area contributed by atoms with Gasteiger partial charge in [-0.05, 0) is 31.0 Å². The zero-order chi connectivity index (χ0) is 9.42. The Kier molecular flexibility index (Phi) is 1.97. The number of fused-ring (bicyclic) bond motifs is 1. The van der Waals surface area contributed by atoms with Crippen molar-refractivity contribution in [3.05, 3.63) is 40.5 Å². The van der Waals surface area contributed by atoms with Crippen LogP contribution in [0.3, 0.4) is 0 Å². The zero-order valence-corrected chi connectivity index (χ0v) is 8.39. The molecule has 2 aromatic rings. The standard InChI is InChI=1S/C11H10ClN/c1-7-3-4-9-10(12)5-6-13-11(9)8(7)2/h3-6H,1-2H3. The Morgan fingerprint density at radius 1 is 1.15 bits per heavy atom. The van der Waals surface area contributed by atoms with E-state index in [1.54, 1.807) is 6.20 Å². The summed E-state index contributed by atoms with van der Waals surface area (Å²) in [6.07, 6.45) is 1.75. The van der Waals surface area contributed by atoms with Crippen molar-refractivity contribution >= 4 is 22.5 Å². The number of hydrogen-bond acceptors (Lipinski definition) is 1. The summed E-state index contributed by atoms with van der Waals surface area (Å²) in [7, 11) is 0. The molecule has 66 valence electrons. The second kappa shape index (κ2) is 3.00. The van der Waals surface area contributed by atoms with Gasteiger partial charge >= 0.3 is 0 Å². The van der Waals surface area contributed by atoms with Gasteiger partial charge in [0.05, 0.1) is 10.5 Å². The van der Waals surface area contributed by atoms with Gasteiger partial charge in [-0.3, -0.25) is 4.98 Å². The first-order chi connectivity index (χ1) is 6.20. The Morgan fingerprint density at radius 3 is 2.69 bits per heavy atom. The van der Waals surface area contributed by atoms with E-state index in [1.807, 2.05) is 12.1 Å².